The Kier molecular flexibility index (Phi) is 4.48. The zero-order valence-electron chi connectivity index (χ0n) is 13.4. The van der Waals surface area contributed by atoms with Crippen molar-refractivity contribution in [1.29, 1.82) is 0 Å². The number of carboxylic acid groups (broad SMARTS) is 1. The van der Waals surface area contributed by atoms with Crippen molar-refractivity contribution in [3.8, 4) is 0 Å². The van der Waals surface area contributed by atoms with Gasteiger partial charge in [0.1, 0.15) is 0 Å². The summed E-state index contributed by atoms with van der Waals surface area (Å²) in [6, 6.07) is 6.62. The molecule has 1 aromatic carbocycles. The van der Waals surface area contributed by atoms with Gasteiger partial charge in [0, 0.05) is 19.2 Å². The second-order valence-electron chi connectivity index (χ2n) is 6.10. The number of fused-ring (bicyclic) bond motifs is 1. The molecule has 1 aliphatic rings. The number of aryl methyl sites for hydroxylation is 1. The molecule has 1 saturated heterocycles. The molecule has 0 radical (unpaired) electrons. The summed E-state index contributed by atoms with van der Waals surface area (Å²) in [5.74, 6) is -0.934. The molecule has 0 saturated carbocycles. The molecule has 1 aliphatic heterocycles. The Balaban J connectivity index is 2.06. The molecule has 0 bridgehead atoms. The first-order valence-corrected chi connectivity index (χ1v) is 8.22. The van der Waals surface area contributed by atoms with Gasteiger partial charge in [-0.3, -0.25) is 4.79 Å². The number of benzene rings is 1. The van der Waals surface area contributed by atoms with Crippen molar-refractivity contribution in [3.63, 3.8) is 0 Å². The minimum absolute atomic E-state index is 0.0190. The first-order chi connectivity index (χ1) is 11.1. The first kappa shape index (κ1) is 15.7. The fourth-order valence-corrected chi connectivity index (χ4v) is 3.40. The summed E-state index contributed by atoms with van der Waals surface area (Å²) in [7, 11) is 0. The van der Waals surface area contributed by atoms with Crippen LogP contribution in [-0.2, 0) is 13.0 Å². The van der Waals surface area contributed by atoms with E-state index < -0.39 is 5.97 Å². The van der Waals surface area contributed by atoms with Gasteiger partial charge in [-0.25, -0.2) is 4.79 Å². The minimum Gasteiger partial charge on any atom is -0.478 e. The Bertz CT molecular complexity index is 789. The fraction of sp³-hybridized carbons (Fsp3) is 0.444. The maximum absolute atomic E-state index is 12.4. The van der Waals surface area contributed by atoms with Crippen LogP contribution in [0.5, 0.6) is 0 Å². The largest absolute Gasteiger partial charge is 0.478 e. The lowest BCUT2D eigenvalue weighted by Crippen LogP contribution is -2.29. The summed E-state index contributed by atoms with van der Waals surface area (Å²) < 4.78 is 1.80. The minimum atomic E-state index is -0.934. The molecule has 0 amide bonds. The van der Waals surface area contributed by atoms with E-state index in [1.807, 2.05) is 6.92 Å². The first-order valence-electron chi connectivity index (χ1n) is 8.22. The average molecular weight is 314 g/mol. The van der Waals surface area contributed by atoms with Crippen molar-refractivity contribution < 1.29 is 9.90 Å². The second-order valence-corrected chi connectivity index (χ2v) is 6.10. The lowest BCUT2D eigenvalue weighted by molar-refractivity contribution is 0.0697. The molecule has 0 spiro atoms. The van der Waals surface area contributed by atoms with E-state index in [0.29, 0.717) is 13.0 Å². The van der Waals surface area contributed by atoms with Crippen LogP contribution in [0.2, 0.25) is 0 Å². The number of carboxylic acids is 1. The third-order valence-electron chi connectivity index (χ3n) is 4.63. The molecular weight excluding hydrogens is 292 g/mol. The normalized spacial score (nSPS) is 15.3. The quantitative estimate of drug-likeness (QED) is 0.920. The smallest absolute Gasteiger partial charge is 0.335 e. The number of aromatic carboxylic acids is 1. The van der Waals surface area contributed by atoms with Gasteiger partial charge in [-0.05, 0) is 61.5 Å². The second kappa shape index (κ2) is 6.54. The summed E-state index contributed by atoms with van der Waals surface area (Å²) >= 11 is 0. The molecule has 3 rings (SSSR count). The Morgan fingerprint density at radius 2 is 1.91 bits per heavy atom. The van der Waals surface area contributed by atoms with Crippen LogP contribution >= 0.6 is 0 Å². The van der Waals surface area contributed by atoms with Crippen molar-refractivity contribution in [2.24, 2.45) is 0 Å². The summed E-state index contributed by atoms with van der Waals surface area (Å²) in [5.41, 5.74) is 2.05. The van der Waals surface area contributed by atoms with E-state index in [1.54, 1.807) is 22.8 Å². The fourth-order valence-electron chi connectivity index (χ4n) is 3.40. The van der Waals surface area contributed by atoms with E-state index in [1.165, 1.54) is 18.9 Å². The third kappa shape index (κ3) is 3.15. The molecular formula is C18H22N2O3. The lowest BCUT2D eigenvalue weighted by Gasteiger charge is -2.18. The number of nitrogens with zero attached hydrogens (tertiary/aromatic N) is 2. The molecule has 23 heavy (non-hydrogen) atoms. The monoisotopic (exact) mass is 314 g/mol. The molecule has 0 atom stereocenters. The van der Waals surface area contributed by atoms with Gasteiger partial charge in [0.15, 0.2) is 0 Å². The molecule has 5 heteroatoms. The van der Waals surface area contributed by atoms with Crippen molar-refractivity contribution >= 4 is 16.9 Å². The SMILES string of the molecule is CCc1cc(C(=O)O)cc2ccc(=O)n(CCN3CCCC3)c12. The molecule has 1 aromatic heterocycles. The van der Waals surface area contributed by atoms with Crippen LogP contribution in [0.25, 0.3) is 10.9 Å². The number of aromatic nitrogens is 1. The molecule has 2 heterocycles. The predicted molar refractivity (Wildman–Crippen MR) is 90.2 cm³/mol. The summed E-state index contributed by atoms with van der Waals surface area (Å²) in [6.07, 6.45) is 3.16. The highest BCUT2D eigenvalue weighted by Gasteiger charge is 2.15. The predicted octanol–water partition coefficient (Wildman–Crippen LogP) is 2.36. The zero-order valence-corrected chi connectivity index (χ0v) is 13.4. The van der Waals surface area contributed by atoms with Gasteiger partial charge < -0.3 is 14.6 Å². The van der Waals surface area contributed by atoms with E-state index >= 15 is 0 Å². The van der Waals surface area contributed by atoms with Gasteiger partial charge >= 0.3 is 5.97 Å². The van der Waals surface area contributed by atoms with Crippen molar-refractivity contribution in [2.45, 2.75) is 32.7 Å². The third-order valence-corrected chi connectivity index (χ3v) is 4.63. The van der Waals surface area contributed by atoms with E-state index in [4.69, 9.17) is 0 Å². The summed E-state index contributed by atoms with van der Waals surface area (Å²) in [4.78, 5) is 26.0. The Morgan fingerprint density at radius 1 is 1.17 bits per heavy atom. The molecule has 1 N–H and O–H groups in total. The van der Waals surface area contributed by atoms with Crippen LogP contribution in [0.1, 0.15) is 35.7 Å². The molecule has 0 aliphatic carbocycles. The number of hydrogen-bond donors (Lipinski definition) is 1. The van der Waals surface area contributed by atoms with Crippen LogP contribution in [0.15, 0.2) is 29.1 Å². The van der Waals surface area contributed by atoms with Crippen molar-refractivity contribution in [1.82, 2.24) is 9.47 Å². The van der Waals surface area contributed by atoms with Crippen molar-refractivity contribution in [3.05, 3.63) is 45.7 Å². The Morgan fingerprint density at radius 3 is 2.57 bits per heavy atom. The van der Waals surface area contributed by atoms with E-state index in [9.17, 15) is 14.7 Å². The highest BCUT2D eigenvalue weighted by Crippen LogP contribution is 2.21. The highest BCUT2D eigenvalue weighted by atomic mass is 16.4. The highest BCUT2D eigenvalue weighted by molar-refractivity contribution is 5.94. The average Bonchev–Trinajstić information content (AvgIpc) is 3.06. The van der Waals surface area contributed by atoms with Gasteiger partial charge in [0.05, 0.1) is 11.1 Å². The number of likely N-dealkylation sites (tertiary alicyclic amines) is 1. The zero-order chi connectivity index (χ0) is 16.4. The van der Waals surface area contributed by atoms with Crippen LogP contribution in [-0.4, -0.2) is 40.2 Å². The lowest BCUT2D eigenvalue weighted by atomic mass is 10.0. The van der Waals surface area contributed by atoms with E-state index in [0.717, 1.165) is 36.1 Å². The van der Waals surface area contributed by atoms with Gasteiger partial charge in [-0.2, -0.15) is 0 Å². The Labute approximate surface area is 135 Å². The number of hydrogen-bond acceptors (Lipinski definition) is 3. The van der Waals surface area contributed by atoms with Crippen LogP contribution in [0.3, 0.4) is 0 Å². The molecule has 5 nitrogen and oxygen atoms in total. The maximum atomic E-state index is 12.4. The van der Waals surface area contributed by atoms with E-state index in [-0.39, 0.29) is 11.1 Å². The summed E-state index contributed by atoms with van der Waals surface area (Å²) in [5, 5.41) is 10.1. The molecule has 2 aromatic rings. The van der Waals surface area contributed by atoms with Gasteiger partial charge in [0.25, 0.3) is 5.56 Å². The maximum Gasteiger partial charge on any atom is 0.335 e. The molecule has 1 fully saturated rings. The van der Waals surface area contributed by atoms with Crippen LogP contribution in [0.4, 0.5) is 0 Å². The summed E-state index contributed by atoms with van der Waals surface area (Å²) in [6.45, 7) is 5.70. The number of pyridine rings is 1. The van der Waals surface area contributed by atoms with Gasteiger partial charge in [0.2, 0.25) is 0 Å². The van der Waals surface area contributed by atoms with Crippen molar-refractivity contribution in [2.75, 3.05) is 19.6 Å². The van der Waals surface area contributed by atoms with Crippen LogP contribution < -0.4 is 5.56 Å². The van der Waals surface area contributed by atoms with Gasteiger partial charge in [-0.15, -0.1) is 0 Å². The standard InChI is InChI=1S/C18H22N2O3/c1-2-13-11-15(18(22)23)12-14-5-6-16(21)20(17(13)14)10-9-19-7-3-4-8-19/h5-6,11-12H,2-4,7-10H2,1H3,(H,22,23). The molecule has 0 unspecified atom stereocenters. The van der Waals surface area contributed by atoms with Gasteiger partial charge in [-0.1, -0.05) is 6.92 Å². The Hall–Kier alpha value is -2.14. The topological polar surface area (TPSA) is 62.5 Å². The van der Waals surface area contributed by atoms with E-state index in [2.05, 4.69) is 4.90 Å². The van der Waals surface area contributed by atoms with Crippen LogP contribution in [0, 0.1) is 0 Å². The number of rotatable bonds is 5. The molecule has 122 valence electrons. The number of carbonyl (C=O) groups is 1.